The molecule has 4 aromatic rings. The number of hydrogen-bond donors (Lipinski definition) is 2. The molecular formula is C28H24N4O4S. The number of nitrogens with one attached hydrogen (secondary N) is 1. The Morgan fingerprint density at radius 1 is 0.946 bits per heavy atom. The van der Waals surface area contributed by atoms with E-state index in [1.807, 2.05) is 54.6 Å². The summed E-state index contributed by atoms with van der Waals surface area (Å²) in [4.78, 5) is 38.9. The Labute approximate surface area is 217 Å². The molecule has 2 N–H and O–H groups in total. The van der Waals surface area contributed by atoms with Crippen LogP contribution in [0.1, 0.15) is 39.6 Å². The first-order valence-corrected chi connectivity index (χ1v) is 12.6. The number of benzene rings is 3. The Balaban J connectivity index is 1.29. The molecule has 9 heteroatoms. The standard InChI is InChI=1S/C28H24N4O4S/c1-16(2)23(28(35)36)32-15-20-9-8-19(14-22(20)27(32)34)17-10-12-21(13-11-17)29-24(33)26-31-30-25(37-26)18-6-4-3-5-7-18/h3-14,16,23H,15H2,1-2H3,(H,29,33)(H,35,36). The van der Waals surface area contributed by atoms with E-state index in [-0.39, 0.29) is 29.3 Å². The lowest BCUT2D eigenvalue weighted by Crippen LogP contribution is -2.44. The van der Waals surface area contributed by atoms with Gasteiger partial charge in [-0.25, -0.2) is 4.79 Å². The van der Waals surface area contributed by atoms with Crippen molar-refractivity contribution in [3.8, 4) is 21.7 Å². The van der Waals surface area contributed by atoms with E-state index in [4.69, 9.17) is 0 Å². The predicted octanol–water partition coefficient (Wildman–Crippen LogP) is 5.19. The maximum atomic E-state index is 13.0. The molecule has 186 valence electrons. The van der Waals surface area contributed by atoms with Crippen LogP contribution in [0.15, 0.2) is 72.8 Å². The van der Waals surface area contributed by atoms with E-state index in [1.54, 1.807) is 32.0 Å². The molecule has 0 radical (unpaired) electrons. The summed E-state index contributed by atoms with van der Waals surface area (Å²) in [6.45, 7) is 3.88. The first-order chi connectivity index (χ1) is 17.8. The number of hydrogen-bond acceptors (Lipinski definition) is 6. The second-order valence-corrected chi connectivity index (χ2v) is 10.1. The average Bonchev–Trinajstić information content (AvgIpc) is 3.50. The van der Waals surface area contributed by atoms with Crippen molar-refractivity contribution in [2.45, 2.75) is 26.4 Å². The fraction of sp³-hybridized carbons (Fsp3) is 0.179. The number of aliphatic carboxylic acids is 1. The van der Waals surface area contributed by atoms with Crippen LogP contribution in [-0.4, -0.2) is 44.0 Å². The average molecular weight is 513 g/mol. The van der Waals surface area contributed by atoms with E-state index in [9.17, 15) is 19.5 Å². The van der Waals surface area contributed by atoms with Crippen LogP contribution in [-0.2, 0) is 11.3 Å². The number of amides is 2. The zero-order chi connectivity index (χ0) is 26.1. The monoisotopic (exact) mass is 512 g/mol. The number of carbonyl (C=O) groups excluding carboxylic acids is 2. The molecule has 0 fully saturated rings. The lowest BCUT2D eigenvalue weighted by molar-refractivity contribution is -0.144. The van der Waals surface area contributed by atoms with Crippen molar-refractivity contribution in [2.75, 3.05) is 5.32 Å². The molecule has 8 nitrogen and oxygen atoms in total. The Bertz CT molecular complexity index is 1480. The van der Waals surface area contributed by atoms with Crippen molar-refractivity contribution >= 4 is 34.8 Å². The predicted molar refractivity (Wildman–Crippen MR) is 141 cm³/mol. The number of carboxylic acid groups (broad SMARTS) is 1. The molecule has 3 aromatic carbocycles. The van der Waals surface area contributed by atoms with Crippen LogP contribution in [0.3, 0.4) is 0 Å². The molecule has 5 rings (SSSR count). The smallest absolute Gasteiger partial charge is 0.326 e. The molecule has 1 unspecified atom stereocenters. The molecule has 1 aromatic heterocycles. The van der Waals surface area contributed by atoms with Gasteiger partial charge in [0.05, 0.1) is 0 Å². The SMILES string of the molecule is CC(C)C(C(=O)O)N1Cc2ccc(-c3ccc(NC(=O)c4nnc(-c5ccccc5)s4)cc3)cc2C1=O. The maximum Gasteiger partial charge on any atom is 0.326 e. The number of anilines is 1. The van der Waals surface area contributed by atoms with Gasteiger partial charge in [0.15, 0.2) is 0 Å². The highest BCUT2D eigenvalue weighted by molar-refractivity contribution is 7.16. The number of carboxylic acids is 1. The summed E-state index contributed by atoms with van der Waals surface area (Å²) in [6.07, 6.45) is 0. The molecule has 2 amide bonds. The summed E-state index contributed by atoms with van der Waals surface area (Å²) < 4.78 is 0. The Morgan fingerprint density at radius 2 is 1.65 bits per heavy atom. The van der Waals surface area contributed by atoms with E-state index < -0.39 is 12.0 Å². The minimum absolute atomic E-state index is 0.205. The van der Waals surface area contributed by atoms with E-state index in [0.717, 1.165) is 22.3 Å². The highest BCUT2D eigenvalue weighted by atomic mass is 32.1. The second kappa shape index (κ2) is 9.94. The number of aromatic nitrogens is 2. The van der Waals surface area contributed by atoms with Gasteiger partial charge in [-0.1, -0.05) is 79.8 Å². The summed E-state index contributed by atoms with van der Waals surface area (Å²) in [6, 6.07) is 21.6. The Hall–Kier alpha value is -4.37. The normalized spacial score (nSPS) is 13.5. The summed E-state index contributed by atoms with van der Waals surface area (Å²) in [5.41, 5.74) is 4.55. The highest BCUT2D eigenvalue weighted by Crippen LogP contribution is 2.32. The molecule has 1 aliphatic heterocycles. The molecule has 1 atom stereocenters. The Morgan fingerprint density at radius 3 is 2.32 bits per heavy atom. The van der Waals surface area contributed by atoms with Crippen molar-refractivity contribution < 1.29 is 19.5 Å². The summed E-state index contributed by atoms with van der Waals surface area (Å²) in [5, 5.41) is 21.5. The molecular weight excluding hydrogens is 488 g/mol. The molecule has 0 bridgehead atoms. The van der Waals surface area contributed by atoms with Crippen molar-refractivity contribution in [1.82, 2.24) is 15.1 Å². The van der Waals surface area contributed by atoms with Gasteiger partial charge in [-0.05, 0) is 40.8 Å². The molecule has 37 heavy (non-hydrogen) atoms. The van der Waals surface area contributed by atoms with Crippen molar-refractivity contribution in [3.05, 3.63) is 88.9 Å². The highest BCUT2D eigenvalue weighted by Gasteiger charge is 2.38. The summed E-state index contributed by atoms with van der Waals surface area (Å²) in [5.74, 6) is -1.82. The van der Waals surface area contributed by atoms with Crippen LogP contribution in [0.2, 0.25) is 0 Å². The number of nitrogens with zero attached hydrogens (tertiary/aromatic N) is 3. The third kappa shape index (κ3) is 4.85. The molecule has 2 heterocycles. The first-order valence-electron chi connectivity index (χ1n) is 11.8. The van der Waals surface area contributed by atoms with Crippen LogP contribution in [0, 0.1) is 5.92 Å². The molecule has 0 aliphatic carbocycles. The van der Waals surface area contributed by atoms with Crippen molar-refractivity contribution in [3.63, 3.8) is 0 Å². The third-order valence-corrected chi connectivity index (χ3v) is 7.25. The minimum Gasteiger partial charge on any atom is -0.480 e. The van der Waals surface area contributed by atoms with Crippen molar-refractivity contribution in [2.24, 2.45) is 5.92 Å². The molecule has 0 saturated carbocycles. The van der Waals surface area contributed by atoms with Gasteiger partial charge in [-0.2, -0.15) is 0 Å². The zero-order valence-electron chi connectivity index (χ0n) is 20.2. The Kier molecular flexibility index (Phi) is 6.54. The first kappa shape index (κ1) is 24.3. The molecule has 0 saturated heterocycles. The molecule has 1 aliphatic rings. The zero-order valence-corrected chi connectivity index (χ0v) is 21.0. The van der Waals surface area contributed by atoms with Crippen LogP contribution >= 0.6 is 11.3 Å². The van der Waals surface area contributed by atoms with E-state index >= 15 is 0 Å². The van der Waals surface area contributed by atoms with E-state index in [2.05, 4.69) is 15.5 Å². The van der Waals surface area contributed by atoms with Crippen LogP contribution in [0.25, 0.3) is 21.7 Å². The van der Waals surface area contributed by atoms with Gasteiger partial charge in [0.1, 0.15) is 11.0 Å². The molecule has 0 spiro atoms. The van der Waals surface area contributed by atoms with E-state index in [1.165, 1.54) is 16.2 Å². The topological polar surface area (TPSA) is 112 Å². The lowest BCUT2D eigenvalue weighted by atomic mass is 10.00. The quantitative estimate of drug-likeness (QED) is 0.352. The van der Waals surface area contributed by atoms with Crippen molar-refractivity contribution in [1.29, 1.82) is 0 Å². The number of carbonyl (C=O) groups is 3. The number of fused-ring (bicyclic) bond motifs is 1. The second-order valence-electron chi connectivity index (χ2n) is 9.14. The lowest BCUT2D eigenvalue weighted by Gasteiger charge is -2.27. The minimum atomic E-state index is -1.00. The van der Waals surface area contributed by atoms with Gasteiger partial charge < -0.3 is 15.3 Å². The maximum absolute atomic E-state index is 13.0. The van der Waals surface area contributed by atoms with Crippen LogP contribution in [0.5, 0.6) is 0 Å². The van der Waals surface area contributed by atoms with Gasteiger partial charge in [0, 0.05) is 23.4 Å². The largest absolute Gasteiger partial charge is 0.480 e. The number of rotatable bonds is 7. The van der Waals surface area contributed by atoms with Gasteiger partial charge in [-0.15, -0.1) is 10.2 Å². The van der Waals surface area contributed by atoms with Gasteiger partial charge in [0.2, 0.25) is 5.01 Å². The fourth-order valence-corrected chi connectivity index (χ4v) is 5.19. The van der Waals surface area contributed by atoms with E-state index in [0.29, 0.717) is 16.3 Å². The van der Waals surface area contributed by atoms with Crippen LogP contribution < -0.4 is 5.32 Å². The third-order valence-electron chi connectivity index (χ3n) is 6.28. The van der Waals surface area contributed by atoms with Crippen LogP contribution in [0.4, 0.5) is 5.69 Å². The van der Waals surface area contributed by atoms with Gasteiger partial charge >= 0.3 is 5.97 Å². The summed E-state index contributed by atoms with van der Waals surface area (Å²) >= 11 is 1.22. The fourth-order valence-electron chi connectivity index (χ4n) is 4.45. The summed E-state index contributed by atoms with van der Waals surface area (Å²) in [7, 11) is 0. The van der Waals surface area contributed by atoms with Gasteiger partial charge in [0.25, 0.3) is 11.8 Å². The van der Waals surface area contributed by atoms with Gasteiger partial charge in [-0.3, -0.25) is 9.59 Å².